The fourth-order valence-electron chi connectivity index (χ4n) is 1.91. The molecule has 106 valence electrons. The molecule has 2 N–H and O–H groups in total. The Morgan fingerprint density at radius 1 is 1.29 bits per heavy atom. The molecule has 5 heteroatoms. The largest absolute Gasteiger partial charge is 0.375 e. The highest BCUT2D eigenvalue weighted by Crippen LogP contribution is 2.18. The Balaban J connectivity index is 1.99. The fraction of sp³-hybridized carbons (Fsp3) is 0.125. The van der Waals surface area contributed by atoms with Crippen molar-refractivity contribution in [2.45, 2.75) is 6.92 Å². The molecule has 1 amide bonds. The van der Waals surface area contributed by atoms with Crippen molar-refractivity contribution in [3.05, 3.63) is 59.4 Å². The number of anilines is 2. The molecule has 0 saturated carbocycles. The summed E-state index contributed by atoms with van der Waals surface area (Å²) >= 11 is 0. The van der Waals surface area contributed by atoms with E-state index < -0.39 is 5.82 Å². The van der Waals surface area contributed by atoms with Gasteiger partial charge in [-0.15, -0.1) is 0 Å². The maximum atomic E-state index is 13.0. The number of hydrogen-bond donors (Lipinski definition) is 2. The number of nitriles is 1. The molecule has 0 heterocycles. The Hall–Kier alpha value is -2.87. The molecule has 2 aromatic rings. The number of amides is 1. The van der Waals surface area contributed by atoms with Crippen LogP contribution in [-0.2, 0) is 4.79 Å². The number of rotatable bonds is 4. The number of benzene rings is 2. The van der Waals surface area contributed by atoms with Crippen LogP contribution in [0.3, 0.4) is 0 Å². The van der Waals surface area contributed by atoms with E-state index in [9.17, 15) is 9.18 Å². The van der Waals surface area contributed by atoms with Crippen molar-refractivity contribution in [2.75, 3.05) is 17.2 Å². The minimum absolute atomic E-state index is 0.00531. The van der Waals surface area contributed by atoms with Gasteiger partial charge >= 0.3 is 0 Å². The summed E-state index contributed by atoms with van der Waals surface area (Å²) in [4.78, 5) is 11.8. The molecular weight excluding hydrogens is 269 g/mol. The van der Waals surface area contributed by atoms with Crippen LogP contribution in [0.4, 0.5) is 15.8 Å². The summed E-state index contributed by atoms with van der Waals surface area (Å²) in [5.74, 6) is -0.725. The van der Waals surface area contributed by atoms with Gasteiger partial charge in [0, 0.05) is 5.69 Å². The molecule has 0 aliphatic carbocycles. The first-order valence-corrected chi connectivity index (χ1v) is 6.39. The lowest BCUT2D eigenvalue weighted by Crippen LogP contribution is -2.22. The third-order valence-electron chi connectivity index (χ3n) is 2.93. The van der Waals surface area contributed by atoms with Crippen LogP contribution in [-0.4, -0.2) is 12.5 Å². The summed E-state index contributed by atoms with van der Waals surface area (Å²) in [6, 6.07) is 13.1. The second kappa shape index (κ2) is 6.53. The summed E-state index contributed by atoms with van der Waals surface area (Å²) in [6.45, 7) is 1.82. The molecule has 4 nitrogen and oxygen atoms in total. The second-order valence-corrected chi connectivity index (χ2v) is 4.52. The normalized spacial score (nSPS) is 9.76. The minimum atomic E-state index is -0.411. The number of nitrogens with zero attached hydrogens (tertiary/aromatic N) is 1. The Bertz CT molecular complexity index is 707. The molecular formula is C16H14FN3O. The van der Waals surface area contributed by atoms with Crippen molar-refractivity contribution in [3.63, 3.8) is 0 Å². The SMILES string of the molecule is Cc1cccc(NCC(=O)Nc2cccc(F)c2)c1C#N. The van der Waals surface area contributed by atoms with Crippen molar-refractivity contribution < 1.29 is 9.18 Å². The zero-order valence-corrected chi connectivity index (χ0v) is 11.5. The molecule has 0 radical (unpaired) electrons. The van der Waals surface area contributed by atoms with E-state index in [1.807, 2.05) is 19.1 Å². The Labute approximate surface area is 122 Å². The van der Waals surface area contributed by atoms with Gasteiger partial charge in [-0.2, -0.15) is 5.26 Å². The van der Waals surface area contributed by atoms with Gasteiger partial charge in [0.25, 0.3) is 0 Å². The van der Waals surface area contributed by atoms with Gasteiger partial charge in [0.2, 0.25) is 5.91 Å². The van der Waals surface area contributed by atoms with Gasteiger partial charge in [-0.25, -0.2) is 4.39 Å². The predicted molar refractivity (Wildman–Crippen MR) is 79.4 cm³/mol. The van der Waals surface area contributed by atoms with E-state index in [4.69, 9.17) is 5.26 Å². The third kappa shape index (κ3) is 3.80. The highest BCUT2D eigenvalue weighted by atomic mass is 19.1. The lowest BCUT2D eigenvalue weighted by atomic mass is 10.1. The van der Waals surface area contributed by atoms with E-state index in [2.05, 4.69) is 16.7 Å². The third-order valence-corrected chi connectivity index (χ3v) is 2.93. The van der Waals surface area contributed by atoms with E-state index in [1.165, 1.54) is 18.2 Å². The number of hydrogen-bond acceptors (Lipinski definition) is 3. The van der Waals surface area contributed by atoms with Crippen molar-refractivity contribution in [1.29, 1.82) is 5.26 Å². The first-order chi connectivity index (χ1) is 10.1. The van der Waals surface area contributed by atoms with Crippen molar-refractivity contribution in [2.24, 2.45) is 0 Å². The molecule has 0 bridgehead atoms. The van der Waals surface area contributed by atoms with Crippen LogP contribution < -0.4 is 10.6 Å². The van der Waals surface area contributed by atoms with E-state index >= 15 is 0 Å². The lowest BCUT2D eigenvalue weighted by Gasteiger charge is -2.10. The van der Waals surface area contributed by atoms with Gasteiger partial charge in [0.15, 0.2) is 0 Å². The molecule has 0 aliphatic rings. The van der Waals surface area contributed by atoms with Gasteiger partial charge in [-0.3, -0.25) is 4.79 Å². The molecule has 0 spiro atoms. The molecule has 0 saturated heterocycles. The maximum Gasteiger partial charge on any atom is 0.243 e. The minimum Gasteiger partial charge on any atom is -0.375 e. The van der Waals surface area contributed by atoms with E-state index in [-0.39, 0.29) is 12.5 Å². The molecule has 0 fully saturated rings. The van der Waals surface area contributed by atoms with Crippen LogP contribution >= 0.6 is 0 Å². The smallest absolute Gasteiger partial charge is 0.243 e. The van der Waals surface area contributed by atoms with E-state index in [0.717, 1.165) is 5.56 Å². The van der Waals surface area contributed by atoms with Gasteiger partial charge in [0.05, 0.1) is 17.8 Å². The molecule has 0 aromatic heterocycles. The van der Waals surface area contributed by atoms with E-state index in [1.54, 1.807) is 12.1 Å². The average molecular weight is 283 g/mol. The molecule has 2 rings (SSSR count). The highest BCUT2D eigenvalue weighted by Gasteiger charge is 2.07. The standard InChI is InChI=1S/C16H14FN3O/c1-11-4-2-7-15(14(11)9-18)19-10-16(21)20-13-6-3-5-12(17)8-13/h2-8,19H,10H2,1H3,(H,20,21). The van der Waals surface area contributed by atoms with Crippen molar-refractivity contribution >= 4 is 17.3 Å². The van der Waals surface area contributed by atoms with E-state index in [0.29, 0.717) is 16.9 Å². The fourth-order valence-corrected chi connectivity index (χ4v) is 1.91. The first kappa shape index (κ1) is 14.5. The molecule has 2 aromatic carbocycles. The van der Waals surface area contributed by atoms with Gasteiger partial charge in [0.1, 0.15) is 11.9 Å². The molecule has 0 atom stereocenters. The quantitative estimate of drug-likeness (QED) is 0.906. The lowest BCUT2D eigenvalue weighted by molar-refractivity contribution is -0.114. The summed E-state index contributed by atoms with van der Waals surface area (Å²) in [6.07, 6.45) is 0. The van der Waals surface area contributed by atoms with Crippen LogP contribution in [0.25, 0.3) is 0 Å². The van der Waals surface area contributed by atoms with Gasteiger partial charge < -0.3 is 10.6 Å². The number of carbonyl (C=O) groups is 1. The first-order valence-electron chi connectivity index (χ1n) is 6.39. The molecule has 0 aliphatic heterocycles. The van der Waals surface area contributed by atoms with Crippen molar-refractivity contribution in [3.8, 4) is 6.07 Å². The summed E-state index contributed by atoms with van der Waals surface area (Å²) in [7, 11) is 0. The summed E-state index contributed by atoms with van der Waals surface area (Å²) < 4.78 is 13.0. The summed E-state index contributed by atoms with van der Waals surface area (Å²) in [5.41, 5.74) is 2.35. The Morgan fingerprint density at radius 3 is 2.76 bits per heavy atom. The Kier molecular flexibility index (Phi) is 4.52. The molecule has 21 heavy (non-hydrogen) atoms. The van der Waals surface area contributed by atoms with Crippen molar-refractivity contribution in [1.82, 2.24) is 0 Å². The summed E-state index contributed by atoms with van der Waals surface area (Å²) in [5, 5.41) is 14.6. The van der Waals surface area contributed by atoms with Crippen LogP contribution in [0.2, 0.25) is 0 Å². The zero-order valence-electron chi connectivity index (χ0n) is 11.5. The number of nitrogens with one attached hydrogen (secondary N) is 2. The zero-order chi connectivity index (χ0) is 15.2. The molecule has 0 unspecified atom stereocenters. The van der Waals surface area contributed by atoms with Gasteiger partial charge in [-0.05, 0) is 36.8 Å². The number of aryl methyl sites for hydroxylation is 1. The monoisotopic (exact) mass is 283 g/mol. The average Bonchev–Trinajstić information content (AvgIpc) is 2.45. The van der Waals surface area contributed by atoms with Crippen LogP contribution in [0.1, 0.15) is 11.1 Å². The topological polar surface area (TPSA) is 64.9 Å². The highest BCUT2D eigenvalue weighted by molar-refractivity contribution is 5.93. The second-order valence-electron chi connectivity index (χ2n) is 4.52. The number of halogens is 1. The number of carbonyl (C=O) groups excluding carboxylic acids is 1. The predicted octanol–water partition coefficient (Wildman–Crippen LogP) is 3.06. The maximum absolute atomic E-state index is 13.0. The van der Waals surface area contributed by atoms with Crippen LogP contribution in [0.5, 0.6) is 0 Å². The van der Waals surface area contributed by atoms with Gasteiger partial charge in [-0.1, -0.05) is 18.2 Å². The van der Waals surface area contributed by atoms with Crippen LogP contribution in [0.15, 0.2) is 42.5 Å². The Morgan fingerprint density at radius 2 is 2.05 bits per heavy atom. The van der Waals surface area contributed by atoms with Crippen LogP contribution in [0, 0.1) is 24.1 Å².